The lowest BCUT2D eigenvalue weighted by Gasteiger charge is -2.33. The molecule has 0 spiro atoms. The Hall–Kier alpha value is -4.49. The number of nitrogens with two attached hydrogens (primary N) is 1. The molecule has 1 heterocycles. The van der Waals surface area contributed by atoms with Gasteiger partial charge in [0.1, 0.15) is 6.04 Å². The van der Waals surface area contributed by atoms with Crippen LogP contribution in [0.2, 0.25) is 0 Å². The molecule has 2 amide bonds. The van der Waals surface area contributed by atoms with E-state index in [1.165, 1.54) is 36.4 Å². The molecular formula is C28H32N6O6S. The predicted molar refractivity (Wildman–Crippen MR) is 153 cm³/mol. The minimum atomic E-state index is -4.07. The molecule has 1 unspecified atom stereocenters. The number of hydrogen-bond donors (Lipinski definition) is 6. The van der Waals surface area contributed by atoms with Crippen LogP contribution in [-0.4, -0.2) is 74.4 Å². The molecule has 0 saturated carbocycles. The third-order valence-electron chi connectivity index (χ3n) is 6.96. The zero-order valence-electron chi connectivity index (χ0n) is 22.2. The number of piperidine rings is 1. The molecule has 0 radical (unpaired) electrons. The van der Waals surface area contributed by atoms with Gasteiger partial charge in [0.25, 0.3) is 5.91 Å². The number of carboxylic acid groups (broad SMARTS) is 1. The van der Waals surface area contributed by atoms with Crippen LogP contribution >= 0.6 is 0 Å². The smallest absolute Gasteiger partial charge is 0.336 e. The number of nitrogens with zero attached hydrogens (tertiary/aromatic N) is 1. The van der Waals surface area contributed by atoms with E-state index in [2.05, 4.69) is 15.4 Å². The SMILES string of the molecule is N=C(N)N1CCC[C@@H](CNC(=O)C(CNS(=O)(=O)c2ccc3ccccc3c2)NC(=O)c2ccccc2C(=O)O)C1. The van der Waals surface area contributed by atoms with Crippen LogP contribution in [0.5, 0.6) is 0 Å². The number of sulfonamides is 1. The highest BCUT2D eigenvalue weighted by Gasteiger charge is 2.28. The molecule has 0 bridgehead atoms. The predicted octanol–water partition coefficient (Wildman–Crippen LogP) is 1.34. The molecule has 13 heteroatoms. The maximum Gasteiger partial charge on any atom is 0.336 e. The first-order valence-corrected chi connectivity index (χ1v) is 14.5. The van der Waals surface area contributed by atoms with Gasteiger partial charge < -0.3 is 26.4 Å². The fourth-order valence-electron chi connectivity index (χ4n) is 4.74. The van der Waals surface area contributed by atoms with Crippen molar-refractivity contribution in [2.45, 2.75) is 23.8 Å². The number of carbonyl (C=O) groups is 3. The van der Waals surface area contributed by atoms with Crippen molar-refractivity contribution in [2.24, 2.45) is 11.7 Å². The summed E-state index contributed by atoms with van der Waals surface area (Å²) < 4.78 is 28.7. The van der Waals surface area contributed by atoms with Crippen molar-refractivity contribution < 1.29 is 27.9 Å². The third-order valence-corrected chi connectivity index (χ3v) is 8.38. The lowest BCUT2D eigenvalue weighted by atomic mass is 9.98. The van der Waals surface area contributed by atoms with E-state index in [-0.39, 0.29) is 34.4 Å². The second-order valence-corrected chi connectivity index (χ2v) is 11.6. The molecule has 1 fully saturated rings. The average molecular weight is 581 g/mol. The van der Waals surface area contributed by atoms with Crippen LogP contribution in [0.15, 0.2) is 71.6 Å². The van der Waals surface area contributed by atoms with Crippen LogP contribution < -0.4 is 21.1 Å². The molecule has 3 aromatic carbocycles. The maximum atomic E-state index is 13.3. The van der Waals surface area contributed by atoms with Gasteiger partial charge in [-0.3, -0.25) is 15.0 Å². The van der Waals surface area contributed by atoms with E-state index >= 15 is 0 Å². The van der Waals surface area contributed by atoms with Crippen LogP contribution in [0.25, 0.3) is 10.8 Å². The van der Waals surface area contributed by atoms with Crippen LogP contribution in [-0.2, 0) is 14.8 Å². The minimum absolute atomic E-state index is 0.00465. The molecule has 0 aromatic heterocycles. The number of fused-ring (bicyclic) bond motifs is 1. The summed E-state index contributed by atoms with van der Waals surface area (Å²) in [7, 11) is -4.07. The van der Waals surface area contributed by atoms with Crippen molar-refractivity contribution in [1.29, 1.82) is 5.41 Å². The summed E-state index contributed by atoms with van der Waals surface area (Å²) in [4.78, 5) is 39.7. The second kappa shape index (κ2) is 12.8. The monoisotopic (exact) mass is 580 g/mol. The molecule has 216 valence electrons. The van der Waals surface area contributed by atoms with Gasteiger partial charge in [0.05, 0.1) is 16.0 Å². The van der Waals surface area contributed by atoms with Gasteiger partial charge in [-0.25, -0.2) is 17.9 Å². The Morgan fingerprint density at radius 2 is 1.71 bits per heavy atom. The largest absolute Gasteiger partial charge is 0.478 e. The zero-order chi connectivity index (χ0) is 29.6. The Bertz CT molecular complexity index is 1580. The Labute approximate surface area is 237 Å². The number of nitrogens with one attached hydrogen (secondary N) is 4. The standard InChI is InChI=1S/C28H32N6O6S/c29-28(30)34-13-5-6-18(17-34)15-31-26(36)24(33-25(35)22-9-3-4-10-23(22)27(37)38)16-32-41(39,40)21-12-11-19-7-1-2-8-20(19)14-21/h1-4,7-12,14,18,24,32H,5-6,13,15-17H2,(H3,29,30)(H,31,36)(H,33,35)(H,37,38)/t18-,24?/m0/s1. The van der Waals surface area contributed by atoms with Crippen molar-refractivity contribution in [1.82, 2.24) is 20.3 Å². The fourth-order valence-corrected chi connectivity index (χ4v) is 5.82. The van der Waals surface area contributed by atoms with Crippen molar-refractivity contribution in [3.8, 4) is 0 Å². The number of benzene rings is 3. The first kappa shape index (κ1) is 29.5. The molecule has 0 aliphatic carbocycles. The lowest BCUT2D eigenvalue weighted by molar-refractivity contribution is -0.123. The molecular weight excluding hydrogens is 548 g/mol. The number of carbonyl (C=O) groups excluding carboxylic acids is 2. The minimum Gasteiger partial charge on any atom is -0.478 e. The van der Waals surface area contributed by atoms with Gasteiger partial charge in [0, 0.05) is 26.2 Å². The number of aromatic carboxylic acids is 1. The van der Waals surface area contributed by atoms with E-state index in [0.717, 1.165) is 23.6 Å². The Morgan fingerprint density at radius 1 is 1.02 bits per heavy atom. The van der Waals surface area contributed by atoms with Gasteiger partial charge in [-0.1, -0.05) is 42.5 Å². The topological polar surface area (TPSA) is 195 Å². The molecule has 1 saturated heterocycles. The van der Waals surface area contributed by atoms with E-state index in [4.69, 9.17) is 11.1 Å². The summed E-state index contributed by atoms with van der Waals surface area (Å²) in [6.45, 7) is 0.871. The van der Waals surface area contributed by atoms with E-state index in [9.17, 15) is 27.9 Å². The summed E-state index contributed by atoms with van der Waals surface area (Å²) in [5.74, 6) is -2.86. The molecule has 2 atom stereocenters. The van der Waals surface area contributed by atoms with Gasteiger partial charge in [-0.15, -0.1) is 0 Å². The summed E-state index contributed by atoms with van der Waals surface area (Å²) in [5, 5.41) is 24.0. The molecule has 41 heavy (non-hydrogen) atoms. The number of likely N-dealkylation sites (tertiary alicyclic amines) is 1. The van der Waals surface area contributed by atoms with E-state index in [1.54, 1.807) is 23.1 Å². The summed E-state index contributed by atoms with van der Waals surface area (Å²) in [6, 6.07) is 16.1. The molecule has 1 aliphatic rings. The number of carboxylic acids is 1. The number of rotatable bonds is 10. The first-order valence-electron chi connectivity index (χ1n) is 13.0. The van der Waals surface area contributed by atoms with E-state index < -0.39 is 40.4 Å². The number of amides is 2. The van der Waals surface area contributed by atoms with Gasteiger partial charge in [0.15, 0.2) is 5.96 Å². The average Bonchev–Trinajstić information content (AvgIpc) is 2.97. The zero-order valence-corrected chi connectivity index (χ0v) is 23.0. The third kappa shape index (κ3) is 7.38. The van der Waals surface area contributed by atoms with Crippen molar-refractivity contribution >= 4 is 44.5 Å². The fraction of sp³-hybridized carbons (Fsp3) is 0.286. The van der Waals surface area contributed by atoms with E-state index in [0.29, 0.717) is 13.1 Å². The van der Waals surface area contributed by atoms with Gasteiger partial charge in [-0.2, -0.15) is 0 Å². The normalized spacial score (nSPS) is 16.1. The van der Waals surface area contributed by atoms with Gasteiger partial charge in [-0.05, 0) is 53.8 Å². The van der Waals surface area contributed by atoms with Crippen LogP contribution in [0.1, 0.15) is 33.6 Å². The lowest BCUT2D eigenvalue weighted by Crippen LogP contribution is -2.54. The van der Waals surface area contributed by atoms with Crippen molar-refractivity contribution in [3.63, 3.8) is 0 Å². The Balaban J connectivity index is 1.51. The summed E-state index contributed by atoms with van der Waals surface area (Å²) in [6.07, 6.45) is 1.58. The van der Waals surface area contributed by atoms with E-state index in [1.807, 2.05) is 12.1 Å². The highest BCUT2D eigenvalue weighted by molar-refractivity contribution is 7.89. The first-order chi connectivity index (χ1) is 19.5. The van der Waals surface area contributed by atoms with Crippen LogP contribution in [0, 0.1) is 11.3 Å². The Kier molecular flexibility index (Phi) is 9.20. The molecule has 3 aromatic rings. The number of guanidine groups is 1. The Morgan fingerprint density at radius 3 is 2.41 bits per heavy atom. The van der Waals surface area contributed by atoms with Crippen LogP contribution in [0.4, 0.5) is 0 Å². The second-order valence-electron chi connectivity index (χ2n) is 9.82. The maximum absolute atomic E-state index is 13.3. The van der Waals surface area contributed by atoms with Gasteiger partial charge >= 0.3 is 5.97 Å². The quantitative estimate of drug-likeness (QED) is 0.153. The summed E-state index contributed by atoms with van der Waals surface area (Å²) in [5.41, 5.74) is 5.18. The van der Waals surface area contributed by atoms with Crippen LogP contribution in [0.3, 0.4) is 0 Å². The molecule has 12 nitrogen and oxygen atoms in total. The summed E-state index contributed by atoms with van der Waals surface area (Å²) >= 11 is 0. The highest BCUT2D eigenvalue weighted by atomic mass is 32.2. The molecule has 4 rings (SSSR count). The van der Waals surface area contributed by atoms with Gasteiger partial charge in [0.2, 0.25) is 15.9 Å². The van der Waals surface area contributed by atoms with Crippen molar-refractivity contribution in [2.75, 3.05) is 26.2 Å². The van der Waals surface area contributed by atoms with Crippen molar-refractivity contribution in [3.05, 3.63) is 77.9 Å². The molecule has 7 N–H and O–H groups in total. The number of hydrogen-bond acceptors (Lipinski definition) is 6. The molecule has 1 aliphatic heterocycles. The highest BCUT2D eigenvalue weighted by Crippen LogP contribution is 2.19.